The lowest BCUT2D eigenvalue weighted by molar-refractivity contribution is 0.569. The average molecular weight is 161 g/mol. The number of nitrogens with one attached hydrogen (secondary N) is 1. The molecule has 0 bridgehead atoms. The van der Waals surface area contributed by atoms with Crippen LogP contribution in [0.1, 0.15) is 13.8 Å². The Hall–Kier alpha value is -0.530. The zero-order valence-corrected chi connectivity index (χ0v) is 6.90. The third kappa shape index (κ3) is 4.36. The fraction of sp³-hybridized carbons (Fsp3) is 0.667. The van der Waals surface area contributed by atoms with Crippen molar-refractivity contribution in [2.75, 3.05) is 6.54 Å². The van der Waals surface area contributed by atoms with Crippen molar-refractivity contribution in [1.29, 1.82) is 0 Å². The molecule has 0 aromatic carbocycles. The van der Waals surface area contributed by atoms with Crippen molar-refractivity contribution in [3.05, 3.63) is 0 Å². The Balaban J connectivity index is 3.85. The fourth-order valence-corrected chi connectivity index (χ4v) is 0.954. The molecular formula is C6H11NO2S. The smallest absolute Gasteiger partial charge is 0.204 e. The maximum atomic E-state index is 10.6. The predicted molar refractivity (Wildman–Crippen MR) is 40.6 cm³/mol. The summed E-state index contributed by atoms with van der Waals surface area (Å²) in [6.07, 6.45) is 4.69. The van der Waals surface area contributed by atoms with Gasteiger partial charge in [-0.15, -0.1) is 6.42 Å². The van der Waals surface area contributed by atoms with Crippen LogP contribution in [0.2, 0.25) is 0 Å². The molecule has 1 N–H and O–H groups in total. The minimum Gasteiger partial charge on any atom is -0.204 e. The SMILES string of the molecule is C#CS(=O)(=O)NCC(C)C. The maximum Gasteiger partial charge on any atom is 0.280 e. The minimum atomic E-state index is -3.44. The summed E-state index contributed by atoms with van der Waals surface area (Å²) >= 11 is 0. The van der Waals surface area contributed by atoms with Gasteiger partial charge >= 0.3 is 0 Å². The highest BCUT2D eigenvalue weighted by molar-refractivity contribution is 7.94. The quantitative estimate of drug-likeness (QED) is 0.599. The molecule has 0 atom stereocenters. The molecule has 0 saturated heterocycles. The van der Waals surface area contributed by atoms with E-state index in [2.05, 4.69) is 4.72 Å². The van der Waals surface area contributed by atoms with Gasteiger partial charge in [0.15, 0.2) is 0 Å². The van der Waals surface area contributed by atoms with Crippen LogP contribution >= 0.6 is 0 Å². The number of hydrogen-bond donors (Lipinski definition) is 1. The van der Waals surface area contributed by atoms with E-state index in [1.165, 1.54) is 0 Å². The van der Waals surface area contributed by atoms with Crippen molar-refractivity contribution in [1.82, 2.24) is 4.72 Å². The third-order valence-electron chi connectivity index (χ3n) is 0.837. The number of terminal acetylenes is 1. The molecule has 0 saturated carbocycles. The van der Waals surface area contributed by atoms with Crippen LogP contribution in [-0.2, 0) is 10.0 Å². The molecule has 0 fully saturated rings. The van der Waals surface area contributed by atoms with Gasteiger partial charge in [0.25, 0.3) is 10.0 Å². The highest BCUT2D eigenvalue weighted by Crippen LogP contribution is 1.89. The molecular weight excluding hydrogens is 150 g/mol. The summed E-state index contributed by atoms with van der Waals surface area (Å²) in [5, 5.41) is 1.66. The van der Waals surface area contributed by atoms with E-state index in [4.69, 9.17) is 6.42 Å². The summed E-state index contributed by atoms with van der Waals surface area (Å²) in [4.78, 5) is 0. The monoisotopic (exact) mass is 161 g/mol. The first-order chi connectivity index (χ1) is 4.48. The normalized spacial score (nSPS) is 11.4. The van der Waals surface area contributed by atoms with Gasteiger partial charge in [-0.2, -0.15) is 8.42 Å². The number of rotatable bonds is 3. The zero-order valence-electron chi connectivity index (χ0n) is 6.09. The summed E-state index contributed by atoms with van der Waals surface area (Å²) < 4.78 is 23.4. The predicted octanol–water partition coefficient (Wildman–Crippen LogP) is 0.152. The van der Waals surface area contributed by atoms with Crippen LogP contribution in [0.15, 0.2) is 0 Å². The highest BCUT2D eigenvalue weighted by atomic mass is 32.2. The molecule has 0 spiro atoms. The van der Waals surface area contributed by atoms with Crippen LogP contribution in [0, 0.1) is 17.6 Å². The van der Waals surface area contributed by atoms with Crippen LogP contribution in [0.3, 0.4) is 0 Å². The molecule has 58 valence electrons. The van der Waals surface area contributed by atoms with E-state index in [0.29, 0.717) is 6.54 Å². The Labute approximate surface area is 61.9 Å². The molecule has 0 aliphatic carbocycles. The van der Waals surface area contributed by atoms with Crippen molar-refractivity contribution in [3.63, 3.8) is 0 Å². The standard InChI is InChI=1S/C6H11NO2S/c1-4-10(8,9)7-5-6(2)3/h1,6-7H,5H2,2-3H3. The molecule has 0 heterocycles. The van der Waals surface area contributed by atoms with Gasteiger partial charge in [-0.25, -0.2) is 4.72 Å². The minimum absolute atomic E-state index is 0.281. The van der Waals surface area contributed by atoms with Gasteiger partial charge in [0.1, 0.15) is 0 Å². The summed E-state index contributed by atoms with van der Waals surface area (Å²) in [5.74, 6) is 0.281. The first kappa shape index (κ1) is 9.47. The molecule has 0 unspecified atom stereocenters. The van der Waals surface area contributed by atoms with E-state index < -0.39 is 10.0 Å². The third-order valence-corrected chi connectivity index (χ3v) is 1.69. The van der Waals surface area contributed by atoms with Crippen LogP contribution in [0.4, 0.5) is 0 Å². The molecule has 0 radical (unpaired) electrons. The van der Waals surface area contributed by atoms with Crippen molar-refractivity contribution >= 4 is 10.0 Å². The molecule has 0 rings (SSSR count). The van der Waals surface area contributed by atoms with Gasteiger partial charge in [0.05, 0.1) is 0 Å². The second kappa shape index (κ2) is 3.59. The van der Waals surface area contributed by atoms with Gasteiger partial charge in [-0.3, -0.25) is 0 Å². The van der Waals surface area contributed by atoms with Gasteiger partial charge in [-0.05, 0) is 5.92 Å². The molecule has 0 aliphatic heterocycles. The van der Waals surface area contributed by atoms with Crippen LogP contribution in [0.25, 0.3) is 0 Å². The summed E-state index contributed by atoms with van der Waals surface area (Å²) in [6.45, 7) is 4.20. The summed E-state index contributed by atoms with van der Waals surface area (Å²) in [5.41, 5.74) is 0. The first-order valence-electron chi connectivity index (χ1n) is 2.95. The van der Waals surface area contributed by atoms with Crippen molar-refractivity contribution in [2.24, 2.45) is 5.92 Å². The van der Waals surface area contributed by atoms with Crippen molar-refractivity contribution in [3.8, 4) is 11.7 Å². The lowest BCUT2D eigenvalue weighted by atomic mass is 10.2. The van der Waals surface area contributed by atoms with E-state index in [0.717, 1.165) is 0 Å². The van der Waals surface area contributed by atoms with Crippen molar-refractivity contribution < 1.29 is 8.42 Å². The van der Waals surface area contributed by atoms with Crippen LogP contribution in [0.5, 0.6) is 0 Å². The van der Waals surface area contributed by atoms with Crippen LogP contribution < -0.4 is 4.72 Å². The fourth-order valence-electron chi connectivity index (χ4n) is 0.318. The largest absolute Gasteiger partial charge is 0.280 e. The van der Waals surface area contributed by atoms with Gasteiger partial charge in [-0.1, -0.05) is 13.8 Å². The summed E-state index contributed by atoms with van der Waals surface area (Å²) in [6, 6.07) is 0. The Bertz CT molecular complexity index is 223. The molecule has 4 heteroatoms. The lowest BCUT2D eigenvalue weighted by Gasteiger charge is -2.02. The van der Waals surface area contributed by atoms with E-state index in [1.807, 2.05) is 13.8 Å². The number of sulfonamides is 1. The highest BCUT2D eigenvalue weighted by Gasteiger charge is 2.03. The summed E-state index contributed by atoms with van der Waals surface area (Å²) in [7, 11) is -3.44. The second-order valence-corrected chi connectivity index (χ2v) is 3.89. The Kier molecular flexibility index (Phi) is 3.40. The van der Waals surface area contributed by atoms with E-state index >= 15 is 0 Å². The zero-order chi connectivity index (χ0) is 8.20. The average Bonchev–Trinajstić information content (AvgIpc) is 1.85. The van der Waals surface area contributed by atoms with E-state index in [-0.39, 0.29) is 5.92 Å². The maximum absolute atomic E-state index is 10.6. The number of hydrogen-bond acceptors (Lipinski definition) is 2. The molecule has 0 aliphatic rings. The Morgan fingerprint density at radius 2 is 2.10 bits per heavy atom. The topological polar surface area (TPSA) is 46.2 Å². The van der Waals surface area contributed by atoms with Gasteiger partial charge in [0.2, 0.25) is 0 Å². The Morgan fingerprint density at radius 1 is 1.60 bits per heavy atom. The van der Waals surface area contributed by atoms with Crippen molar-refractivity contribution in [2.45, 2.75) is 13.8 Å². The van der Waals surface area contributed by atoms with E-state index in [9.17, 15) is 8.42 Å². The second-order valence-electron chi connectivity index (χ2n) is 2.36. The van der Waals surface area contributed by atoms with Gasteiger partial charge < -0.3 is 0 Å². The lowest BCUT2D eigenvalue weighted by Crippen LogP contribution is -2.25. The van der Waals surface area contributed by atoms with Gasteiger partial charge in [0, 0.05) is 11.8 Å². The molecule has 0 aromatic rings. The molecule has 3 nitrogen and oxygen atoms in total. The Morgan fingerprint density at radius 3 is 2.40 bits per heavy atom. The molecule has 10 heavy (non-hydrogen) atoms. The molecule has 0 aromatic heterocycles. The van der Waals surface area contributed by atoms with Crippen LogP contribution in [-0.4, -0.2) is 15.0 Å². The van der Waals surface area contributed by atoms with E-state index in [1.54, 1.807) is 5.25 Å². The molecule has 0 amide bonds. The first-order valence-corrected chi connectivity index (χ1v) is 4.43.